The highest BCUT2D eigenvalue weighted by Gasteiger charge is 2.23. The molecule has 3 nitrogen and oxygen atoms in total. The van der Waals surface area contributed by atoms with Gasteiger partial charge in [-0.15, -0.1) is 0 Å². The number of aliphatic hydroxyl groups is 1. The van der Waals surface area contributed by atoms with Gasteiger partial charge in [0.25, 0.3) is 0 Å². The maximum atomic E-state index is 12.5. The summed E-state index contributed by atoms with van der Waals surface area (Å²) in [5, 5.41) is 8.67. The Morgan fingerprint density at radius 1 is 1.58 bits per heavy atom. The van der Waals surface area contributed by atoms with E-state index in [1.165, 1.54) is 11.9 Å². The van der Waals surface area contributed by atoms with Crippen molar-refractivity contribution in [3.8, 4) is 0 Å². The van der Waals surface area contributed by atoms with Crippen molar-refractivity contribution in [1.82, 2.24) is 4.90 Å². The third-order valence-electron chi connectivity index (χ3n) is 1.93. The highest BCUT2D eigenvalue weighted by Crippen LogP contribution is 2.09. The number of carbonyl (C=O) groups excluding carboxylic acids is 1. The SMILES string of the molecule is CCC(=O)N(C)C(CC)C(O)F. The van der Waals surface area contributed by atoms with Crippen LogP contribution in [0, 0.1) is 0 Å². The van der Waals surface area contributed by atoms with Crippen molar-refractivity contribution in [3.63, 3.8) is 0 Å². The van der Waals surface area contributed by atoms with E-state index in [9.17, 15) is 9.18 Å². The maximum Gasteiger partial charge on any atom is 0.222 e. The van der Waals surface area contributed by atoms with Gasteiger partial charge in [0.15, 0.2) is 0 Å². The minimum absolute atomic E-state index is 0.154. The maximum absolute atomic E-state index is 12.5. The third kappa shape index (κ3) is 2.77. The second-order valence-corrected chi connectivity index (χ2v) is 2.71. The molecule has 0 fully saturated rings. The lowest BCUT2D eigenvalue weighted by Crippen LogP contribution is -2.42. The van der Waals surface area contributed by atoms with Gasteiger partial charge in [-0.05, 0) is 6.42 Å². The van der Waals surface area contributed by atoms with E-state index < -0.39 is 12.4 Å². The number of amides is 1. The van der Waals surface area contributed by atoms with Crippen molar-refractivity contribution < 1.29 is 14.3 Å². The van der Waals surface area contributed by atoms with Crippen LogP contribution in [0.15, 0.2) is 0 Å². The first-order valence-corrected chi connectivity index (χ1v) is 4.12. The van der Waals surface area contributed by atoms with Gasteiger partial charge in [-0.25, -0.2) is 4.39 Å². The second kappa shape index (κ2) is 5.09. The number of carbonyl (C=O) groups is 1. The summed E-state index contributed by atoms with van der Waals surface area (Å²) >= 11 is 0. The van der Waals surface area contributed by atoms with E-state index in [-0.39, 0.29) is 5.91 Å². The fourth-order valence-corrected chi connectivity index (χ4v) is 1.09. The lowest BCUT2D eigenvalue weighted by atomic mass is 10.2. The van der Waals surface area contributed by atoms with Crippen molar-refractivity contribution in [3.05, 3.63) is 0 Å². The summed E-state index contributed by atoms with van der Waals surface area (Å²) in [5.41, 5.74) is 0. The molecule has 2 atom stereocenters. The average Bonchev–Trinajstić information content (AvgIpc) is 2.03. The molecule has 0 aliphatic rings. The molecule has 0 spiro atoms. The molecule has 0 radical (unpaired) electrons. The van der Waals surface area contributed by atoms with E-state index in [2.05, 4.69) is 0 Å². The van der Waals surface area contributed by atoms with Crippen LogP contribution in [0.3, 0.4) is 0 Å². The van der Waals surface area contributed by atoms with Crippen LogP contribution in [-0.2, 0) is 4.79 Å². The van der Waals surface area contributed by atoms with E-state index >= 15 is 0 Å². The smallest absolute Gasteiger partial charge is 0.222 e. The second-order valence-electron chi connectivity index (χ2n) is 2.71. The van der Waals surface area contributed by atoms with Gasteiger partial charge in [0, 0.05) is 13.5 Å². The molecule has 0 saturated heterocycles. The fourth-order valence-electron chi connectivity index (χ4n) is 1.09. The van der Waals surface area contributed by atoms with Gasteiger partial charge < -0.3 is 10.0 Å². The summed E-state index contributed by atoms with van der Waals surface area (Å²) in [6, 6.07) is -0.711. The zero-order valence-corrected chi connectivity index (χ0v) is 7.75. The summed E-state index contributed by atoms with van der Waals surface area (Å²) in [6.07, 6.45) is -1.20. The van der Waals surface area contributed by atoms with Crippen LogP contribution in [-0.4, -0.2) is 35.4 Å². The number of alkyl halides is 1. The number of nitrogens with zero attached hydrogens (tertiary/aromatic N) is 1. The van der Waals surface area contributed by atoms with E-state index in [0.29, 0.717) is 12.8 Å². The molecule has 4 heteroatoms. The number of hydrogen-bond donors (Lipinski definition) is 1. The summed E-state index contributed by atoms with van der Waals surface area (Å²) < 4.78 is 12.5. The molecule has 0 rings (SSSR count). The van der Waals surface area contributed by atoms with Crippen LogP contribution < -0.4 is 0 Å². The van der Waals surface area contributed by atoms with Crippen molar-refractivity contribution in [2.45, 2.75) is 39.1 Å². The highest BCUT2D eigenvalue weighted by atomic mass is 19.1. The number of halogens is 1. The predicted octanol–water partition coefficient (Wildman–Crippen LogP) is 0.921. The molecule has 0 aromatic carbocycles. The Bertz CT molecular complexity index is 150. The van der Waals surface area contributed by atoms with Gasteiger partial charge in [-0.3, -0.25) is 4.79 Å². The number of hydrogen-bond acceptors (Lipinski definition) is 2. The van der Waals surface area contributed by atoms with Crippen molar-refractivity contribution in [1.29, 1.82) is 0 Å². The molecule has 2 unspecified atom stereocenters. The molecule has 0 heterocycles. The summed E-state index contributed by atoms with van der Waals surface area (Å²) in [5.74, 6) is -0.154. The molecule has 1 amide bonds. The number of aliphatic hydroxyl groups excluding tert-OH is 1. The Balaban J connectivity index is 4.20. The third-order valence-corrected chi connectivity index (χ3v) is 1.93. The van der Waals surface area contributed by atoms with E-state index in [4.69, 9.17) is 5.11 Å². The summed E-state index contributed by atoms with van der Waals surface area (Å²) in [7, 11) is 1.50. The molecule has 0 aliphatic heterocycles. The molecule has 72 valence electrons. The monoisotopic (exact) mass is 177 g/mol. The van der Waals surface area contributed by atoms with E-state index in [0.717, 1.165) is 0 Å². The molecule has 12 heavy (non-hydrogen) atoms. The highest BCUT2D eigenvalue weighted by molar-refractivity contribution is 5.75. The number of rotatable bonds is 4. The van der Waals surface area contributed by atoms with Gasteiger partial charge in [-0.2, -0.15) is 0 Å². The standard InChI is InChI=1S/C8H16FNO2/c1-4-6(8(9)12)10(3)7(11)5-2/h6,8,12H,4-5H2,1-3H3. The van der Waals surface area contributed by atoms with Gasteiger partial charge in [-0.1, -0.05) is 13.8 Å². The van der Waals surface area contributed by atoms with Gasteiger partial charge in [0.05, 0.1) is 6.04 Å². The molecule has 1 N–H and O–H groups in total. The quantitative estimate of drug-likeness (QED) is 0.693. The van der Waals surface area contributed by atoms with Crippen LogP contribution in [0.5, 0.6) is 0 Å². The first-order valence-electron chi connectivity index (χ1n) is 4.12. The van der Waals surface area contributed by atoms with Crippen LogP contribution in [0.25, 0.3) is 0 Å². The van der Waals surface area contributed by atoms with E-state index in [1.807, 2.05) is 0 Å². The van der Waals surface area contributed by atoms with Gasteiger partial charge in [0.1, 0.15) is 0 Å². The van der Waals surface area contributed by atoms with Crippen LogP contribution >= 0.6 is 0 Å². The van der Waals surface area contributed by atoms with E-state index in [1.54, 1.807) is 13.8 Å². The Hall–Kier alpha value is -0.640. The van der Waals surface area contributed by atoms with Crippen LogP contribution in [0.4, 0.5) is 4.39 Å². The van der Waals surface area contributed by atoms with Crippen LogP contribution in [0.2, 0.25) is 0 Å². The molecular weight excluding hydrogens is 161 g/mol. The molecule has 0 bridgehead atoms. The first kappa shape index (κ1) is 11.4. The Kier molecular flexibility index (Phi) is 4.81. The zero-order valence-electron chi connectivity index (χ0n) is 7.75. The largest absolute Gasteiger partial charge is 0.362 e. The van der Waals surface area contributed by atoms with Crippen molar-refractivity contribution in [2.24, 2.45) is 0 Å². The molecule has 0 saturated carbocycles. The predicted molar refractivity (Wildman–Crippen MR) is 44.3 cm³/mol. The summed E-state index contributed by atoms with van der Waals surface area (Å²) in [6.45, 7) is 3.43. The molecule has 0 aliphatic carbocycles. The topological polar surface area (TPSA) is 40.5 Å². The summed E-state index contributed by atoms with van der Waals surface area (Å²) in [4.78, 5) is 12.3. The van der Waals surface area contributed by atoms with Gasteiger partial charge >= 0.3 is 0 Å². The first-order chi connectivity index (χ1) is 5.54. The lowest BCUT2D eigenvalue weighted by Gasteiger charge is -2.27. The molecule has 0 aromatic heterocycles. The lowest BCUT2D eigenvalue weighted by molar-refractivity contribution is -0.137. The van der Waals surface area contributed by atoms with Crippen molar-refractivity contribution >= 4 is 5.91 Å². The average molecular weight is 177 g/mol. The number of likely N-dealkylation sites (N-methyl/N-ethyl adjacent to an activating group) is 1. The van der Waals surface area contributed by atoms with Gasteiger partial charge in [0.2, 0.25) is 12.3 Å². The minimum Gasteiger partial charge on any atom is -0.362 e. The minimum atomic E-state index is -1.95. The Labute approximate surface area is 72.2 Å². The van der Waals surface area contributed by atoms with Crippen molar-refractivity contribution in [2.75, 3.05) is 7.05 Å². The molecular formula is C8H16FNO2. The van der Waals surface area contributed by atoms with Crippen LogP contribution in [0.1, 0.15) is 26.7 Å². The zero-order chi connectivity index (χ0) is 9.72. The Morgan fingerprint density at radius 2 is 2.08 bits per heavy atom. The fraction of sp³-hybridized carbons (Fsp3) is 0.875. The molecule has 0 aromatic rings. The normalized spacial score (nSPS) is 15.4. The Morgan fingerprint density at radius 3 is 2.33 bits per heavy atom.